The number of carbonyl (C=O) groups is 1. The van der Waals surface area contributed by atoms with Crippen LogP contribution in [0.3, 0.4) is 0 Å². The number of likely N-dealkylation sites (N-methyl/N-ethyl adjacent to an activating group) is 1. The fraction of sp³-hybridized carbons (Fsp3) is 0.500. The minimum absolute atomic E-state index is 0. The molecule has 0 aliphatic heterocycles. The summed E-state index contributed by atoms with van der Waals surface area (Å²) in [7, 11) is 1.75. The molecule has 1 aromatic carbocycles. The maximum Gasteiger partial charge on any atom is 0.226 e. The molecule has 0 radical (unpaired) electrons. The maximum atomic E-state index is 12.0. The molecule has 20 heavy (non-hydrogen) atoms. The molecule has 1 amide bonds. The van der Waals surface area contributed by atoms with Gasteiger partial charge in [-0.2, -0.15) is 0 Å². The van der Waals surface area contributed by atoms with Gasteiger partial charge in [0, 0.05) is 18.1 Å². The van der Waals surface area contributed by atoms with Crippen molar-refractivity contribution in [1.29, 1.82) is 0 Å². The monoisotopic (exact) mass is 320 g/mol. The lowest BCUT2D eigenvalue weighted by Crippen LogP contribution is -2.41. The van der Waals surface area contributed by atoms with E-state index < -0.39 is 0 Å². The van der Waals surface area contributed by atoms with Crippen LogP contribution in [0, 0.1) is 5.92 Å². The Hall–Kier alpha value is -0.970. The average molecular weight is 321 g/mol. The number of benzene rings is 1. The zero-order valence-corrected chi connectivity index (χ0v) is 13.6. The Bertz CT molecular complexity index is 427. The number of halogens is 2. The average Bonchev–Trinajstić information content (AvgIpc) is 2.36. The predicted octanol–water partition coefficient (Wildman–Crippen LogP) is 2.58. The van der Waals surface area contributed by atoms with Crippen molar-refractivity contribution in [3.05, 3.63) is 29.3 Å². The summed E-state index contributed by atoms with van der Waals surface area (Å²) in [6, 6.07) is 7.04. The van der Waals surface area contributed by atoms with Crippen molar-refractivity contribution in [2.45, 2.75) is 19.9 Å². The van der Waals surface area contributed by atoms with Gasteiger partial charge in [0.1, 0.15) is 12.4 Å². The van der Waals surface area contributed by atoms with Gasteiger partial charge in [-0.1, -0.05) is 24.6 Å². The Morgan fingerprint density at radius 2 is 2.10 bits per heavy atom. The summed E-state index contributed by atoms with van der Waals surface area (Å²) in [5.74, 6) is 0.550. The lowest BCUT2D eigenvalue weighted by atomic mass is 10.0. The highest BCUT2D eigenvalue weighted by atomic mass is 35.5. The van der Waals surface area contributed by atoms with Crippen molar-refractivity contribution >= 4 is 29.9 Å². The first kappa shape index (κ1) is 19.0. The lowest BCUT2D eigenvalue weighted by molar-refractivity contribution is -0.134. The standard InChI is InChI=1S/C14H21ClN2O2.ClH/c1-10(11(2)16)14(18)17(3)7-8-19-13-6-4-5-12(15)9-13;/h4-6,9-11H,7-8,16H2,1-3H3;1H. The van der Waals surface area contributed by atoms with Gasteiger partial charge < -0.3 is 15.4 Å². The molecule has 6 heteroatoms. The van der Waals surface area contributed by atoms with E-state index in [-0.39, 0.29) is 30.3 Å². The van der Waals surface area contributed by atoms with Crippen LogP contribution in [0.5, 0.6) is 5.75 Å². The summed E-state index contributed by atoms with van der Waals surface area (Å²) in [6.07, 6.45) is 0. The molecule has 0 saturated carbocycles. The summed E-state index contributed by atoms with van der Waals surface area (Å²) in [6.45, 7) is 4.61. The first-order chi connectivity index (χ1) is 8.91. The van der Waals surface area contributed by atoms with Gasteiger partial charge in [-0.05, 0) is 25.1 Å². The van der Waals surface area contributed by atoms with Crippen molar-refractivity contribution in [2.75, 3.05) is 20.2 Å². The second-order valence-electron chi connectivity index (χ2n) is 4.71. The summed E-state index contributed by atoms with van der Waals surface area (Å²) >= 11 is 5.85. The van der Waals surface area contributed by atoms with E-state index in [0.717, 1.165) is 0 Å². The summed E-state index contributed by atoms with van der Waals surface area (Å²) < 4.78 is 5.54. The van der Waals surface area contributed by atoms with Crippen LogP contribution in [0.4, 0.5) is 0 Å². The van der Waals surface area contributed by atoms with E-state index in [0.29, 0.717) is 23.9 Å². The van der Waals surface area contributed by atoms with Crippen LogP contribution < -0.4 is 10.5 Å². The molecular weight excluding hydrogens is 299 g/mol. The van der Waals surface area contributed by atoms with Gasteiger partial charge in [-0.3, -0.25) is 4.79 Å². The third-order valence-electron chi connectivity index (χ3n) is 3.05. The molecule has 0 heterocycles. The highest BCUT2D eigenvalue weighted by Gasteiger charge is 2.20. The minimum Gasteiger partial charge on any atom is -0.492 e. The Kier molecular flexibility index (Phi) is 8.62. The normalized spacial score (nSPS) is 13.1. The summed E-state index contributed by atoms with van der Waals surface area (Å²) in [5, 5.41) is 0.632. The van der Waals surface area contributed by atoms with Crippen LogP contribution in [0.1, 0.15) is 13.8 Å². The smallest absolute Gasteiger partial charge is 0.226 e. The number of hydrogen-bond donors (Lipinski definition) is 1. The molecule has 0 aliphatic rings. The highest BCUT2D eigenvalue weighted by molar-refractivity contribution is 6.30. The number of nitrogens with zero attached hydrogens (tertiary/aromatic N) is 1. The Morgan fingerprint density at radius 3 is 2.65 bits per heavy atom. The topological polar surface area (TPSA) is 55.6 Å². The Balaban J connectivity index is 0.00000361. The summed E-state index contributed by atoms with van der Waals surface area (Å²) in [4.78, 5) is 13.6. The largest absolute Gasteiger partial charge is 0.492 e. The van der Waals surface area contributed by atoms with Gasteiger partial charge in [-0.15, -0.1) is 12.4 Å². The van der Waals surface area contributed by atoms with Crippen molar-refractivity contribution < 1.29 is 9.53 Å². The third kappa shape index (κ3) is 5.99. The van der Waals surface area contributed by atoms with Crippen molar-refractivity contribution in [3.8, 4) is 5.75 Å². The second kappa shape index (κ2) is 9.06. The third-order valence-corrected chi connectivity index (χ3v) is 3.28. The fourth-order valence-electron chi connectivity index (χ4n) is 1.54. The van der Waals surface area contributed by atoms with Gasteiger partial charge in [0.05, 0.1) is 12.5 Å². The van der Waals surface area contributed by atoms with Gasteiger partial charge >= 0.3 is 0 Å². The number of ether oxygens (including phenoxy) is 1. The van der Waals surface area contributed by atoms with Crippen LogP contribution in [-0.4, -0.2) is 37.0 Å². The second-order valence-corrected chi connectivity index (χ2v) is 5.15. The molecule has 0 aliphatic carbocycles. The van der Waals surface area contributed by atoms with Crippen LogP contribution >= 0.6 is 24.0 Å². The number of hydrogen-bond acceptors (Lipinski definition) is 3. The van der Waals surface area contributed by atoms with E-state index in [9.17, 15) is 4.79 Å². The number of carbonyl (C=O) groups excluding carboxylic acids is 1. The van der Waals surface area contributed by atoms with E-state index in [2.05, 4.69) is 0 Å². The fourth-order valence-corrected chi connectivity index (χ4v) is 1.72. The zero-order valence-electron chi connectivity index (χ0n) is 12.0. The quantitative estimate of drug-likeness (QED) is 0.876. The molecular formula is C14H22Cl2N2O2. The van der Waals surface area contributed by atoms with Gasteiger partial charge in [0.2, 0.25) is 5.91 Å². The summed E-state index contributed by atoms with van der Waals surface area (Å²) in [5.41, 5.74) is 5.72. The molecule has 0 spiro atoms. The molecule has 2 unspecified atom stereocenters. The zero-order chi connectivity index (χ0) is 14.4. The van der Waals surface area contributed by atoms with E-state index >= 15 is 0 Å². The van der Waals surface area contributed by atoms with Crippen LogP contribution in [0.2, 0.25) is 5.02 Å². The lowest BCUT2D eigenvalue weighted by Gasteiger charge is -2.23. The Labute approximate surface area is 131 Å². The first-order valence-corrected chi connectivity index (χ1v) is 6.68. The molecule has 0 bridgehead atoms. The molecule has 1 aromatic rings. The van der Waals surface area contributed by atoms with E-state index in [4.69, 9.17) is 22.1 Å². The molecule has 2 N–H and O–H groups in total. The SMILES string of the molecule is CC(N)C(C)C(=O)N(C)CCOc1cccc(Cl)c1.Cl. The first-order valence-electron chi connectivity index (χ1n) is 6.30. The van der Waals surface area contributed by atoms with Crippen LogP contribution in [0.15, 0.2) is 24.3 Å². The molecule has 2 atom stereocenters. The van der Waals surface area contributed by atoms with Crippen molar-refractivity contribution in [3.63, 3.8) is 0 Å². The van der Waals surface area contributed by atoms with E-state index in [1.165, 1.54) is 0 Å². The predicted molar refractivity (Wildman–Crippen MR) is 84.6 cm³/mol. The number of rotatable bonds is 6. The van der Waals surface area contributed by atoms with E-state index in [1.807, 2.05) is 26.0 Å². The van der Waals surface area contributed by atoms with Crippen LogP contribution in [0.25, 0.3) is 0 Å². The van der Waals surface area contributed by atoms with E-state index in [1.54, 1.807) is 24.1 Å². The maximum absolute atomic E-state index is 12.0. The van der Waals surface area contributed by atoms with Crippen molar-refractivity contribution in [1.82, 2.24) is 4.90 Å². The number of nitrogens with two attached hydrogens (primary N) is 1. The highest BCUT2D eigenvalue weighted by Crippen LogP contribution is 2.17. The molecule has 0 saturated heterocycles. The van der Waals surface area contributed by atoms with Crippen molar-refractivity contribution in [2.24, 2.45) is 11.7 Å². The van der Waals surface area contributed by atoms with Gasteiger partial charge in [0.15, 0.2) is 0 Å². The molecule has 4 nitrogen and oxygen atoms in total. The number of amides is 1. The van der Waals surface area contributed by atoms with Gasteiger partial charge in [0.25, 0.3) is 0 Å². The Morgan fingerprint density at radius 1 is 1.45 bits per heavy atom. The molecule has 114 valence electrons. The van der Waals surface area contributed by atoms with Crippen LogP contribution in [-0.2, 0) is 4.79 Å². The molecule has 0 fully saturated rings. The van der Waals surface area contributed by atoms with Gasteiger partial charge in [-0.25, -0.2) is 0 Å². The molecule has 0 aromatic heterocycles. The molecule has 1 rings (SSSR count). The minimum atomic E-state index is -0.184.